The number of benzene rings is 2. The first-order valence-corrected chi connectivity index (χ1v) is 9.34. The molecule has 0 aliphatic heterocycles. The van der Waals surface area contributed by atoms with Crippen molar-refractivity contribution >= 4 is 29.9 Å². The van der Waals surface area contributed by atoms with Gasteiger partial charge in [0.05, 0.1) is 6.61 Å². The third-order valence-electron chi connectivity index (χ3n) is 4.35. The van der Waals surface area contributed by atoms with Crippen molar-refractivity contribution in [1.29, 1.82) is 0 Å². The zero-order valence-corrected chi connectivity index (χ0v) is 19.6. The van der Waals surface area contributed by atoms with E-state index in [1.165, 1.54) is 16.7 Å². The number of rotatable bonds is 9. The normalized spacial score (nSPS) is 10.9. The second-order valence-electron chi connectivity index (χ2n) is 6.51. The molecule has 2 N–H and O–H groups in total. The highest BCUT2D eigenvalue weighted by molar-refractivity contribution is 14.0. The Hall–Kier alpha value is -1.80. The second-order valence-corrected chi connectivity index (χ2v) is 6.51. The first-order chi connectivity index (χ1) is 13.1. The van der Waals surface area contributed by atoms with Crippen LogP contribution in [0.15, 0.2) is 47.5 Å². The van der Waals surface area contributed by atoms with Gasteiger partial charge in [0.25, 0.3) is 0 Å². The van der Waals surface area contributed by atoms with Crippen molar-refractivity contribution in [3.05, 3.63) is 64.7 Å². The van der Waals surface area contributed by atoms with Crippen molar-refractivity contribution in [3.8, 4) is 5.75 Å². The first kappa shape index (κ1) is 24.2. The lowest BCUT2D eigenvalue weighted by Crippen LogP contribution is -2.36. The van der Waals surface area contributed by atoms with Gasteiger partial charge in [0.1, 0.15) is 5.75 Å². The van der Waals surface area contributed by atoms with E-state index < -0.39 is 0 Å². The van der Waals surface area contributed by atoms with Crippen molar-refractivity contribution < 1.29 is 9.47 Å². The number of nitrogens with one attached hydrogen (secondary N) is 2. The van der Waals surface area contributed by atoms with Gasteiger partial charge in [0, 0.05) is 45.8 Å². The Kier molecular flexibility index (Phi) is 11.6. The minimum atomic E-state index is 0. The van der Waals surface area contributed by atoms with E-state index >= 15 is 0 Å². The van der Waals surface area contributed by atoms with Crippen LogP contribution in [-0.4, -0.2) is 33.3 Å². The molecule has 0 heterocycles. The van der Waals surface area contributed by atoms with Gasteiger partial charge in [-0.2, -0.15) is 0 Å². The predicted octanol–water partition coefficient (Wildman–Crippen LogP) is 4.20. The Morgan fingerprint density at radius 1 is 0.964 bits per heavy atom. The molecule has 28 heavy (non-hydrogen) atoms. The number of aliphatic imine (C=N–C) groups is 1. The quantitative estimate of drug-likeness (QED) is 0.236. The Bertz CT molecular complexity index is 750. The zero-order chi connectivity index (χ0) is 19.5. The highest BCUT2D eigenvalue weighted by Gasteiger charge is 2.06. The van der Waals surface area contributed by atoms with Gasteiger partial charge in [-0.25, -0.2) is 0 Å². The molecule has 0 fully saturated rings. The molecule has 2 aromatic rings. The third-order valence-corrected chi connectivity index (χ3v) is 4.35. The summed E-state index contributed by atoms with van der Waals surface area (Å²) in [7, 11) is 3.49. The van der Waals surface area contributed by atoms with Crippen molar-refractivity contribution in [2.24, 2.45) is 4.99 Å². The van der Waals surface area contributed by atoms with E-state index in [9.17, 15) is 0 Å². The molecule has 154 valence electrons. The fourth-order valence-corrected chi connectivity index (χ4v) is 2.71. The number of hydrogen-bond donors (Lipinski definition) is 2. The predicted molar refractivity (Wildman–Crippen MR) is 127 cm³/mol. The summed E-state index contributed by atoms with van der Waals surface area (Å²) in [4.78, 5) is 4.32. The molecule has 0 spiro atoms. The summed E-state index contributed by atoms with van der Waals surface area (Å²) in [6.07, 6.45) is 0.872. The van der Waals surface area contributed by atoms with Gasteiger partial charge in [-0.05, 0) is 36.6 Å². The highest BCUT2D eigenvalue weighted by atomic mass is 127. The largest absolute Gasteiger partial charge is 0.493 e. The molecule has 0 bridgehead atoms. The van der Waals surface area contributed by atoms with Crippen LogP contribution in [0.25, 0.3) is 0 Å². The van der Waals surface area contributed by atoms with Crippen LogP contribution in [0.4, 0.5) is 0 Å². The van der Waals surface area contributed by atoms with E-state index in [1.54, 1.807) is 14.2 Å². The first-order valence-electron chi connectivity index (χ1n) is 9.34. The molecule has 2 aromatic carbocycles. The van der Waals surface area contributed by atoms with Crippen LogP contribution in [0.2, 0.25) is 0 Å². The van der Waals surface area contributed by atoms with Gasteiger partial charge < -0.3 is 20.1 Å². The summed E-state index contributed by atoms with van der Waals surface area (Å²) in [6.45, 7) is 6.92. The number of ether oxygens (including phenoxy) is 2. The smallest absolute Gasteiger partial charge is 0.191 e. The van der Waals surface area contributed by atoms with Gasteiger partial charge in [-0.3, -0.25) is 4.99 Å². The van der Waals surface area contributed by atoms with E-state index in [-0.39, 0.29) is 24.0 Å². The second kappa shape index (κ2) is 13.4. The van der Waals surface area contributed by atoms with E-state index in [2.05, 4.69) is 71.9 Å². The van der Waals surface area contributed by atoms with Crippen LogP contribution < -0.4 is 15.4 Å². The molecule has 0 saturated carbocycles. The Morgan fingerprint density at radius 3 is 2.36 bits per heavy atom. The highest BCUT2D eigenvalue weighted by Crippen LogP contribution is 2.20. The molecule has 0 saturated heterocycles. The van der Waals surface area contributed by atoms with Crippen molar-refractivity contribution in [1.82, 2.24) is 10.6 Å². The summed E-state index contributed by atoms with van der Waals surface area (Å²) in [5, 5.41) is 6.74. The molecule has 6 heteroatoms. The van der Waals surface area contributed by atoms with Gasteiger partial charge in [-0.15, -0.1) is 24.0 Å². The Morgan fingerprint density at radius 2 is 1.68 bits per heavy atom. The minimum Gasteiger partial charge on any atom is -0.493 e. The van der Waals surface area contributed by atoms with E-state index in [1.807, 2.05) is 0 Å². The lowest BCUT2D eigenvalue weighted by molar-refractivity contribution is 0.171. The SMILES string of the molecule is CN=C(NCc1ccccc1C)NCc1ccc(C)cc1OCCCOC.I. The van der Waals surface area contributed by atoms with Crippen molar-refractivity contribution in [3.63, 3.8) is 0 Å². The summed E-state index contributed by atoms with van der Waals surface area (Å²) < 4.78 is 11.0. The molecule has 0 amide bonds. The Balaban J connectivity index is 0.00000392. The molecule has 0 atom stereocenters. The number of halogens is 1. The average Bonchev–Trinajstić information content (AvgIpc) is 2.68. The molecule has 0 unspecified atom stereocenters. The molecular formula is C22H32IN3O2. The van der Waals surface area contributed by atoms with Crippen LogP contribution in [0.3, 0.4) is 0 Å². The van der Waals surface area contributed by atoms with Gasteiger partial charge in [0.15, 0.2) is 5.96 Å². The van der Waals surface area contributed by atoms with E-state index in [0.29, 0.717) is 19.8 Å². The summed E-state index contributed by atoms with van der Waals surface area (Å²) in [6, 6.07) is 14.6. The lowest BCUT2D eigenvalue weighted by Gasteiger charge is -2.16. The summed E-state index contributed by atoms with van der Waals surface area (Å²) >= 11 is 0. The standard InChI is InChI=1S/C22H31N3O2.HI/c1-17-10-11-20(21(14-17)27-13-7-12-26-4)16-25-22(23-3)24-15-19-9-6-5-8-18(19)2;/h5-6,8-11,14H,7,12-13,15-16H2,1-4H3,(H2,23,24,25);1H. The molecule has 2 rings (SSSR count). The summed E-state index contributed by atoms with van der Waals surface area (Å²) in [5.74, 6) is 1.68. The minimum absolute atomic E-state index is 0. The van der Waals surface area contributed by atoms with Crippen LogP contribution in [-0.2, 0) is 17.8 Å². The van der Waals surface area contributed by atoms with Gasteiger partial charge in [-0.1, -0.05) is 36.4 Å². The Labute approximate surface area is 186 Å². The maximum absolute atomic E-state index is 5.95. The molecule has 0 radical (unpaired) electrons. The molecule has 5 nitrogen and oxygen atoms in total. The zero-order valence-electron chi connectivity index (χ0n) is 17.2. The van der Waals surface area contributed by atoms with E-state index in [4.69, 9.17) is 9.47 Å². The van der Waals surface area contributed by atoms with Gasteiger partial charge >= 0.3 is 0 Å². The lowest BCUT2D eigenvalue weighted by atomic mass is 10.1. The fourth-order valence-electron chi connectivity index (χ4n) is 2.71. The molecule has 0 aliphatic carbocycles. The monoisotopic (exact) mass is 497 g/mol. The average molecular weight is 497 g/mol. The number of nitrogens with zero attached hydrogens (tertiary/aromatic N) is 1. The van der Waals surface area contributed by atoms with E-state index in [0.717, 1.165) is 30.2 Å². The maximum Gasteiger partial charge on any atom is 0.191 e. The maximum atomic E-state index is 5.95. The number of methoxy groups -OCH3 is 1. The number of aryl methyl sites for hydroxylation is 2. The van der Waals surface area contributed by atoms with Gasteiger partial charge in [0.2, 0.25) is 0 Å². The third kappa shape index (κ3) is 8.06. The molecular weight excluding hydrogens is 465 g/mol. The topological polar surface area (TPSA) is 54.9 Å². The number of guanidine groups is 1. The van der Waals surface area contributed by atoms with Crippen molar-refractivity contribution in [2.75, 3.05) is 27.4 Å². The molecule has 0 aliphatic rings. The number of hydrogen-bond acceptors (Lipinski definition) is 3. The van der Waals surface area contributed by atoms with Crippen LogP contribution in [0.1, 0.15) is 28.7 Å². The van der Waals surface area contributed by atoms with Crippen molar-refractivity contribution in [2.45, 2.75) is 33.4 Å². The van der Waals surface area contributed by atoms with Crippen LogP contribution >= 0.6 is 24.0 Å². The van der Waals surface area contributed by atoms with Crippen LogP contribution in [0, 0.1) is 13.8 Å². The molecule has 0 aromatic heterocycles. The van der Waals surface area contributed by atoms with Crippen LogP contribution in [0.5, 0.6) is 5.75 Å². The summed E-state index contributed by atoms with van der Waals surface area (Å²) in [5.41, 5.74) is 4.82. The fraction of sp³-hybridized carbons (Fsp3) is 0.409.